The third-order valence-corrected chi connectivity index (χ3v) is 5.25. The molecule has 0 fully saturated rings. The van der Waals surface area contributed by atoms with Crippen molar-refractivity contribution in [3.63, 3.8) is 0 Å². The minimum Gasteiger partial charge on any atom is -0.489 e. The van der Waals surface area contributed by atoms with Gasteiger partial charge in [-0.05, 0) is 52.9 Å². The van der Waals surface area contributed by atoms with Crippen molar-refractivity contribution in [1.82, 2.24) is 0 Å². The lowest BCUT2D eigenvalue weighted by molar-refractivity contribution is -0.384. The Bertz CT molecular complexity index is 1200. The maximum absolute atomic E-state index is 10.8. The molecule has 0 unspecified atom stereocenters. The average Bonchev–Trinajstić information content (AvgIpc) is 2.78. The normalized spacial score (nSPS) is 12.8. The maximum atomic E-state index is 10.8. The van der Waals surface area contributed by atoms with Crippen molar-refractivity contribution < 1.29 is 9.66 Å². The summed E-state index contributed by atoms with van der Waals surface area (Å²) in [5.41, 5.74) is 4.21. The fourth-order valence-electron chi connectivity index (χ4n) is 3.76. The van der Waals surface area contributed by atoms with Crippen molar-refractivity contribution in [2.45, 2.75) is 12.8 Å². The number of nitro groups is 1. The monoisotopic (exact) mass is 397 g/mol. The number of rotatable bonds is 5. The molecule has 30 heavy (non-hydrogen) atoms. The molecule has 0 radical (unpaired) electrons. The fourth-order valence-corrected chi connectivity index (χ4v) is 3.76. The van der Waals surface area contributed by atoms with Gasteiger partial charge >= 0.3 is 0 Å². The molecule has 2 N–H and O–H groups in total. The number of nitrogens with zero attached hydrogens (tertiary/aromatic N) is 1. The zero-order chi connectivity index (χ0) is 20.5. The van der Waals surface area contributed by atoms with Gasteiger partial charge in [-0.25, -0.2) is 0 Å². The Kier molecular flexibility index (Phi) is 4.44. The Labute approximate surface area is 173 Å². The summed E-state index contributed by atoms with van der Waals surface area (Å²) in [6, 6.07) is 26.8. The zero-order valence-electron chi connectivity index (χ0n) is 16.0. The molecule has 6 heteroatoms. The first kappa shape index (κ1) is 18.0. The summed E-state index contributed by atoms with van der Waals surface area (Å²) >= 11 is 0. The number of nitrogens with one attached hydrogen (secondary N) is 2. The smallest absolute Gasteiger partial charge is 0.269 e. The minimum atomic E-state index is -0.406. The van der Waals surface area contributed by atoms with E-state index in [2.05, 4.69) is 53.1 Å². The Balaban J connectivity index is 1.33. The van der Waals surface area contributed by atoms with Crippen LogP contribution < -0.4 is 15.4 Å². The Hall–Kier alpha value is -4.06. The van der Waals surface area contributed by atoms with E-state index in [1.807, 2.05) is 18.2 Å². The summed E-state index contributed by atoms with van der Waals surface area (Å²) in [7, 11) is 0. The van der Waals surface area contributed by atoms with E-state index in [0.717, 1.165) is 28.3 Å². The lowest BCUT2D eigenvalue weighted by Crippen LogP contribution is -2.23. The highest BCUT2D eigenvalue weighted by Gasteiger charge is 2.20. The Morgan fingerprint density at radius 1 is 0.867 bits per heavy atom. The van der Waals surface area contributed by atoms with E-state index >= 15 is 0 Å². The molecule has 148 valence electrons. The number of ether oxygens (including phenoxy) is 1. The van der Waals surface area contributed by atoms with Crippen LogP contribution in [0.25, 0.3) is 10.8 Å². The zero-order valence-corrected chi connectivity index (χ0v) is 16.0. The third-order valence-electron chi connectivity index (χ3n) is 5.25. The van der Waals surface area contributed by atoms with Gasteiger partial charge in [-0.2, -0.15) is 0 Å². The van der Waals surface area contributed by atoms with E-state index in [9.17, 15) is 10.1 Å². The van der Waals surface area contributed by atoms with E-state index < -0.39 is 4.92 Å². The van der Waals surface area contributed by atoms with Gasteiger partial charge in [0.1, 0.15) is 18.5 Å². The first-order chi connectivity index (χ1) is 14.7. The third kappa shape index (κ3) is 3.39. The fraction of sp³-hybridized carbons (Fsp3) is 0.0833. The summed E-state index contributed by atoms with van der Waals surface area (Å²) in [6.07, 6.45) is -0.0755. The molecule has 5 rings (SSSR count). The molecule has 0 aromatic heterocycles. The molecule has 0 amide bonds. The molecule has 0 spiro atoms. The highest BCUT2D eigenvalue weighted by atomic mass is 16.6. The lowest BCUT2D eigenvalue weighted by Gasteiger charge is -2.30. The van der Waals surface area contributed by atoms with Crippen molar-refractivity contribution in [1.29, 1.82) is 0 Å². The van der Waals surface area contributed by atoms with Crippen molar-refractivity contribution in [2.24, 2.45) is 0 Å². The summed E-state index contributed by atoms with van der Waals surface area (Å²) in [5, 5.41) is 20.3. The summed E-state index contributed by atoms with van der Waals surface area (Å²) < 4.78 is 5.93. The van der Waals surface area contributed by atoms with Crippen LogP contribution in [0.4, 0.5) is 17.1 Å². The molecular weight excluding hydrogens is 378 g/mol. The van der Waals surface area contributed by atoms with Crippen LogP contribution in [0.3, 0.4) is 0 Å². The van der Waals surface area contributed by atoms with Crippen LogP contribution in [-0.2, 0) is 6.61 Å². The number of hydrogen-bond donors (Lipinski definition) is 2. The molecule has 1 heterocycles. The second-order valence-corrected chi connectivity index (χ2v) is 7.22. The molecule has 0 atom stereocenters. The standard InChI is InChI=1S/C24H19N3O3/c28-27(29)19-12-10-16(11-13-19)15-30-20-7-1-6-18(14-20)24-25-21-8-2-4-17-5-3-9-22(26-24)23(17)21/h1-14,24-26H,15H2. The van der Waals surface area contributed by atoms with Gasteiger partial charge in [0.25, 0.3) is 5.69 Å². The molecule has 4 aromatic carbocycles. The van der Waals surface area contributed by atoms with Gasteiger partial charge in [-0.15, -0.1) is 0 Å². The topological polar surface area (TPSA) is 76.4 Å². The van der Waals surface area contributed by atoms with Gasteiger partial charge in [0.05, 0.1) is 4.92 Å². The minimum absolute atomic E-state index is 0.0745. The predicted molar refractivity (Wildman–Crippen MR) is 118 cm³/mol. The Morgan fingerprint density at radius 2 is 1.53 bits per heavy atom. The maximum Gasteiger partial charge on any atom is 0.269 e. The molecule has 0 saturated heterocycles. The van der Waals surface area contributed by atoms with Gasteiger partial charge < -0.3 is 15.4 Å². The van der Waals surface area contributed by atoms with Crippen molar-refractivity contribution >= 4 is 27.8 Å². The summed E-state index contributed by atoms with van der Waals surface area (Å²) in [5.74, 6) is 0.742. The van der Waals surface area contributed by atoms with Crippen LogP contribution >= 0.6 is 0 Å². The molecule has 1 aliphatic rings. The number of benzene rings is 4. The van der Waals surface area contributed by atoms with Crippen LogP contribution in [-0.4, -0.2) is 4.92 Å². The molecule has 0 aliphatic carbocycles. The number of hydrogen-bond acceptors (Lipinski definition) is 5. The lowest BCUT2D eigenvalue weighted by atomic mass is 10.0. The highest BCUT2D eigenvalue weighted by molar-refractivity contribution is 6.04. The van der Waals surface area contributed by atoms with Crippen LogP contribution in [0, 0.1) is 10.1 Å². The van der Waals surface area contributed by atoms with Crippen LogP contribution in [0.1, 0.15) is 17.3 Å². The van der Waals surface area contributed by atoms with E-state index in [0.29, 0.717) is 6.61 Å². The van der Waals surface area contributed by atoms with Gasteiger partial charge in [-0.3, -0.25) is 10.1 Å². The van der Waals surface area contributed by atoms with Crippen LogP contribution in [0.2, 0.25) is 0 Å². The Morgan fingerprint density at radius 3 is 2.20 bits per heavy atom. The number of nitro benzene ring substituents is 1. The van der Waals surface area contributed by atoms with Crippen LogP contribution in [0.5, 0.6) is 5.75 Å². The molecule has 0 saturated carbocycles. The number of non-ortho nitro benzene ring substituents is 1. The summed E-state index contributed by atoms with van der Waals surface area (Å²) in [4.78, 5) is 10.4. The highest BCUT2D eigenvalue weighted by Crippen LogP contribution is 2.38. The predicted octanol–water partition coefficient (Wildman–Crippen LogP) is 5.86. The first-order valence-corrected chi connectivity index (χ1v) is 9.68. The molecule has 0 bridgehead atoms. The number of anilines is 2. The first-order valence-electron chi connectivity index (χ1n) is 9.68. The van der Waals surface area contributed by atoms with Crippen molar-refractivity contribution in [3.05, 3.63) is 106 Å². The van der Waals surface area contributed by atoms with E-state index in [-0.39, 0.29) is 11.9 Å². The van der Waals surface area contributed by atoms with Gasteiger partial charge in [0.2, 0.25) is 0 Å². The van der Waals surface area contributed by atoms with Gasteiger partial charge in [0, 0.05) is 28.9 Å². The molecular formula is C24H19N3O3. The van der Waals surface area contributed by atoms with Gasteiger partial charge in [-0.1, -0.05) is 36.4 Å². The SMILES string of the molecule is O=[N+]([O-])c1ccc(COc2cccc(C3Nc4cccc5cccc(c45)N3)c2)cc1. The quantitative estimate of drug-likeness (QED) is 0.326. The van der Waals surface area contributed by atoms with Crippen LogP contribution in [0.15, 0.2) is 84.9 Å². The molecule has 4 aromatic rings. The largest absolute Gasteiger partial charge is 0.489 e. The second kappa shape index (κ2) is 7.40. The van der Waals surface area contributed by atoms with Crippen molar-refractivity contribution in [3.8, 4) is 5.75 Å². The summed E-state index contributed by atoms with van der Waals surface area (Å²) in [6.45, 7) is 0.342. The van der Waals surface area contributed by atoms with E-state index in [1.165, 1.54) is 22.9 Å². The molecule has 6 nitrogen and oxygen atoms in total. The van der Waals surface area contributed by atoms with Crippen molar-refractivity contribution in [2.75, 3.05) is 10.6 Å². The molecule has 1 aliphatic heterocycles. The van der Waals surface area contributed by atoms with E-state index in [1.54, 1.807) is 12.1 Å². The van der Waals surface area contributed by atoms with E-state index in [4.69, 9.17) is 4.74 Å². The van der Waals surface area contributed by atoms with Gasteiger partial charge in [0.15, 0.2) is 0 Å². The average molecular weight is 397 g/mol. The second-order valence-electron chi connectivity index (χ2n) is 7.22.